The van der Waals surface area contributed by atoms with Crippen molar-refractivity contribution in [1.82, 2.24) is 0 Å². The zero-order chi connectivity index (χ0) is 13.8. The first-order valence-corrected chi connectivity index (χ1v) is 6.29. The van der Waals surface area contributed by atoms with Crippen molar-refractivity contribution in [3.05, 3.63) is 64.4 Å². The number of hydrogen-bond acceptors (Lipinski definition) is 2. The van der Waals surface area contributed by atoms with Gasteiger partial charge >= 0.3 is 0 Å². The van der Waals surface area contributed by atoms with Crippen LogP contribution in [0.2, 0.25) is 5.02 Å². The van der Waals surface area contributed by atoms with E-state index in [1.807, 2.05) is 12.1 Å². The van der Waals surface area contributed by atoms with E-state index in [1.165, 1.54) is 18.2 Å². The van der Waals surface area contributed by atoms with E-state index >= 15 is 0 Å². The number of aliphatic hydroxyl groups is 1. The molecule has 1 N–H and O–H groups in total. The van der Waals surface area contributed by atoms with Crippen LogP contribution >= 0.6 is 11.6 Å². The highest BCUT2D eigenvalue weighted by atomic mass is 35.5. The van der Waals surface area contributed by atoms with Gasteiger partial charge in [0.25, 0.3) is 0 Å². The molecule has 0 fully saturated rings. The molecule has 2 aromatic rings. The molecule has 0 aliphatic rings. The number of rotatable bonds is 4. The minimum absolute atomic E-state index is 0.336. The Balaban J connectivity index is 2.13. The molecule has 0 spiro atoms. The SMILES string of the molecule is C[C@@H](O)c1cc(F)ccc1OCc1ccc(Cl)cc1. The highest BCUT2D eigenvalue weighted by Gasteiger charge is 2.10. The van der Waals surface area contributed by atoms with E-state index in [4.69, 9.17) is 16.3 Å². The average molecular weight is 281 g/mol. The van der Waals surface area contributed by atoms with Crippen LogP contribution in [-0.4, -0.2) is 5.11 Å². The number of aliphatic hydroxyl groups excluding tert-OH is 1. The summed E-state index contributed by atoms with van der Waals surface area (Å²) in [5.74, 6) is 0.0843. The van der Waals surface area contributed by atoms with Crippen molar-refractivity contribution >= 4 is 11.6 Å². The van der Waals surface area contributed by atoms with Gasteiger partial charge in [0.1, 0.15) is 18.2 Å². The van der Waals surface area contributed by atoms with Crippen LogP contribution < -0.4 is 4.74 Å². The van der Waals surface area contributed by atoms with Gasteiger partial charge in [0, 0.05) is 10.6 Å². The zero-order valence-corrected chi connectivity index (χ0v) is 11.2. The van der Waals surface area contributed by atoms with E-state index in [1.54, 1.807) is 19.1 Å². The summed E-state index contributed by atoms with van der Waals surface area (Å²) < 4.78 is 18.7. The molecule has 0 radical (unpaired) electrons. The third kappa shape index (κ3) is 3.69. The second kappa shape index (κ2) is 6.04. The monoisotopic (exact) mass is 280 g/mol. The molecule has 19 heavy (non-hydrogen) atoms. The molecule has 0 saturated heterocycles. The Morgan fingerprint density at radius 2 is 1.89 bits per heavy atom. The number of ether oxygens (including phenoxy) is 1. The van der Waals surface area contributed by atoms with Gasteiger partial charge in [-0.1, -0.05) is 23.7 Å². The van der Waals surface area contributed by atoms with Crippen molar-refractivity contribution < 1.29 is 14.2 Å². The molecule has 100 valence electrons. The summed E-state index contributed by atoms with van der Waals surface area (Å²) in [6.07, 6.45) is -0.782. The van der Waals surface area contributed by atoms with Crippen LogP contribution in [0.4, 0.5) is 4.39 Å². The maximum atomic E-state index is 13.1. The Bertz CT molecular complexity index is 553. The number of benzene rings is 2. The van der Waals surface area contributed by atoms with Gasteiger partial charge in [-0.3, -0.25) is 0 Å². The Morgan fingerprint density at radius 1 is 1.21 bits per heavy atom. The predicted molar refractivity (Wildman–Crippen MR) is 72.8 cm³/mol. The first-order chi connectivity index (χ1) is 9.06. The summed E-state index contributed by atoms with van der Waals surface area (Å²) in [5.41, 5.74) is 1.39. The molecule has 2 aromatic carbocycles. The van der Waals surface area contributed by atoms with Crippen molar-refractivity contribution in [2.75, 3.05) is 0 Å². The van der Waals surface area contributed by atoms with E-state index in [0.29, 0.717) is 22.9 Å². The summed E-state index contributed by atoms with van der Waals surface area (Å²) in [7, 11) is 0. The first-order valence-electron chi connectivity index (χ1n) is 5.91. The van der Waals surface area contributed by atoms with Gasteiger partial charge in [-0.25, -0.2) is 4.39 Å². The third-order valence-corrected chi connectivity index (χ3v) is 2.98. The minimum Gasteiger partial charge on any atom is -0.489 e. The van der Waals surface area contributed by atoms with Crippen molar-refractivity contribution in [3.63, 3.8) is 0 Å². The summed E-state index contributed by atoms with van der Waals surface area (Å²) in [4.78, 5) is 0. The lowest BCUT2D eigenvalue weighted by Crippen LogP contribution is -2.01. The highest BCUT2D eigenvalue weighted by Crippen LogP contribution is 2.26. The van der Waals surface area contributed by atoms with Crippen LogP contribution in [0.1, 0.15) is 24.2 Å². The van der Waals surface area contributed by atoms with Gasteiger partial charge in [-0.05, 0) is 42.8 Å². The van der Waals surface area contributed by atoms with E-state index in [2.05, 4.69) is 0 Å². The molecule has 0 aromatic heterocycles. The van der Waals surface area contributed by atoms with Crippen LogP contribution in [-0.2, 0) is 6.61 Å². The molecule has 0 heterocycles. The number of hydrogen-bond donors (Lipinski definition) is 1. The van der Waals surface area contributed by atoms with Gasteiger partial charge in [0.15, 0.2) is 0 Å². The highest BCUT2D eigenvalue weighted by molar-refractivity contribution is 6.30. The van der Waals surface area contributed by atoms with Gasteiger partial charge in [-0.2, -0.15) is 0 Å². The zero-order valence-electron chi connectivity index (χ0n) is 10.4. The van der Waals surface area contributed by atoms with Crippen molar-refractivity contribution in [2.24, 2.45) is 0 Å². The van der Waals surface area contributed by atoms with Crippen molar-refractivity contribution in [2.45, 2.75) is 19.6 Å². The van der Waals surface area contributed by atoms with E-state index in [-0.39, 0.29) is 0 Å². The Labute approximate surface area is 116 Å². The van der Waals surface area contributed by atoms with Crippen LogP contribution in [0.3, 0.4) is 0 Å². The van der Waals surface area contributed by atoms with E-state index < -0.39 is 11.9 Å². The summed E-state index contributed by atoms with van der Waals surface area (Å²) in [5, 5.41) is 10.3. The maximum absolute atomic E-state index is 13.1. The van der Waals surface area contributed by atoms with Crippen molar-refractivity contribution in [3.8, 4) is 5.75 Å². The lowest BCUT2D eigenvalue weighted by Gasteiger charge is -2.13. The molecule has 2 rings (SSSR count). The molecular weight excluding hydrogens is 267 g/mol. The van der Waals surface area contributed by atoms with Crippen LogP contribution in [0.5, 0.6) is 5.75 Å². The molecule has 1 atom stereocenters. The average Bonchev–Trinajstić information content (AvgIpc) is 2.39. The predicted octanol–water partition coefficient (Wildman–Crippen LogP) is 4.11. The molecule has 0 unspecified atom stereocenters. The van der Waals surface area contributed by atoms with E-state index in [0.717, 1.165) is 5.56 Å². The molecule has 0 amide bonds. The second-order valence-corrected chi connectivity index (χ2v) is 4.71. The molecule has 0 aliphatic carbocycles. The lowest BCUT2D eigenvalue weighted by molar-refractivity contribution is 0.189. The largest absolute Gasteiger partial charge is 0.489 e. The normalized spacial score (nSPS) is 12.2. The first kappa shape index (κ1) is 13.8. The van der Waals surface area contributed by atoms with Gasteiger partial charge in [0.2, 0.25) is 0 Å². The summed E-state index contributed by atoms with van der Waals surface area (Å²) in [6.45, 7) is 1.91. The fraction of sp³-hybridized carbons (Fsp3) is 0.200. The molecular formula is C15H14ClFO2. The minimum atomic E-state index is -0.782. The quantitative estimate of drug-likeness (QED) is 0.913. The fourth-order valence-corrected chi connectivity index (χ4v) is 1.84. The maximum Gasteiger partial charge on any atom is 0.125 e. The summed E-state index contributed by atoms with van der Waals surface area (Å²) in [6, 6.07) is 11.4. The second-order valence-electron chi connectivity index (χ2n) is 4.27. The van der Waals surface area contributed by atoms with Crippen LogP contribution in [0.15, 0.2) is 42.5 Å². The Morgan fingerprint density at radius 3 is 2.53 bits per heavy atom. The molecule has 0 bridgehead atoms. The van der Waals surface area contributed by atoms with Gasteiger partial charge in [-0.15, -0.1) is 0 Å². The van der Waals surface area contributed by atoms with Gasteiger partial charge < -0.3 is 9.84 Å². The fourth-order valence-electron chi connectivity index (χ4n) is 1.72. The Hall–Kier alpha value is -1.58. The molecule has 0 saturated carbocycles. The van der Waals surface area contributed by atoms with Crippen LogP contribution in [0.25, 0.3) is 0 Å². The molecule has 4 heteroatoms. The van der Waals surface area contributed by atoms with Gasteiger partial charge in [0.05, 0.1) is 6.10 Å². The van der Waals surface area contributed by atoms with Crippen molar-refractivity contribution in [1.29, 1.82) is 0 Å². The molecule has 0 aliphatic heterocycles. The third-order valence-electron chi connectivity index (χ3n) is 2.73. The molecule has 2 nitrogen and oxygen atoms in total. The smallest absolute Gasteiger partial charge is 0.125 e. The number of halogens is 2. The summed E-state index contributed by atoms with van der Waals surface area (Å²) >= 11 is 5.80. The lowest BCUT2D eigenvalue weighted by atomic mass is 10.1. The van der Waals surface area contributed by atoms with Crippen LogP contribution in [0, 0.1) is 5.82 Å². The standard InChI is InChI=1S/C15H14ClFO2/c1-10(18)14-8-13(17)6-7-15(14)19-9-11-2-4-12(16)5-3-11/h2-8,10,18H,9H2,1H3/t10-/m1/s1. The Kier molecular flexibility index (Phi) is 4.40. The topological polar surface area (TPSA) is 29.5 Å². The van der Waals surface area contributed by atoms with E-state index in [9.17, 15) is 9.50 Å².